The second-order valence-electron chi connectivity index (χ2n) is 5.47. The Morgan fingerprint density at radius 3 is 2.86 bits per heavy atom. The first kappa shape index (κ1) is 12.8. The number of rotatable bonds is 2. The van der Waals surface area contributed by atoms with Crippen LogP contribution in [-0.4, -0.2) is 45.9 Å². The molecule has 0 N–H and O–H groups in total. The fraction of sp³-hybridized carbons (Fsp3) is 0.400. The van der Waals surface area contributed by atoms with Crippen LogP contribution in [0.4, 0.5) is 5.82 Å². The maximum Gasteiger partial charge on any atom is 0.273 e. The number of thiazole rings is 1. The number of hydrogen-bond donors (Lipinski definition) is 0. The van der Waals surface area contributed by atoms with Crippen molar-refractivity contribution in [2.24, 2.45) is 0 Å². The molecule has 0 radical (unpaired) electrons. The van der Waals surface area contributed by atoms with Gasteiger partial charge in [-0.15, -0.1) is 11.3 Å². The Balaban J connectivity index is 1.55. The molecule has 2 aliphatic rings. The van der Waals surface area contributed by atoms with E-state index in [0.717, 1.165) is 31.7 Å². The molecule has 2 aliphatic heterocycles. The zero-order chi connectivity index (χ0) is 14.2. The summed E-state index contributed by atoms with van der Waals surface area (Å²) < 4.78 is 0. The van der Waals surface area contributed by atoms with Gasteiger partial charge >= 0.3 is 0 Å². The highest BCUT2D eigenvalue weighted by Gasteiger charge is 2.45. The summed E-state index contributed by atoms with van der Waals surface area (Å²) in [7, 11) is 0. The smallest absolute Gasteiger partial charge is 0.273 e. The molecular formula is C15H16N4OS. The Kier molecular flexibility index (Phi) is 3.11. The summed E-state index contributed by atoms with van der Waals surface area (Å²) in [6.07, 6.45) is 3.85. The van der Waals surface area contributed by atoms with Crippen molar-refractivity contribution in [3.05, 3.63) is 41.0 Å². The lowest BCUT2D eigenvalue weighted by atomic mass is 10.1. The Morgan fingerprint density at radius 1 is 1.19 bits per heavy atom. The minimum absolute atomic E-state index is 0.0756. The van der Waals surface area contributed by atoms with Gasteiger partial charge in [0.25, 0.3) is 5.91 Å². The van der Waals surface area contributed by atoms with Crippen LogP contribution in [0.3, 0.4) is 0 Å². The third kappa shape index (κ3) is 2.10. The first-order valence-corrected chi connectivity index (χ1v) is 8.16. The lowest BCUT2D eigenvalue weighted by Gasteiger charge is -2.25. The molecule has 5 nitrogen and oxygen atoms in total. The monoisotopic (exact) mass is 300 g/mol. The zero-order valence-electron chi connectivity index (χ0n) is 11.6. The normalized spacial score (nSPS) is 24.4. The Morgan fingerprint density at radius 2 is 2.10 bits per heavy atom. The van der Waals surface area contributed by atoms with Crippen molar-refractivity contribution < 1.29 is 4.79 Å². The molecule has 2 saturated heterocycles. The highest BCUT2D eigenvalue weighted by Crippen LogP contribution is 2.34. The molecule has 2 aromatic rings. The van der Waals surface area contributed by atoms with E-state index in [0.29, 0.717) is 17.8 Å². The van der Waals surface area contributed by atoms with E-state index in [-0.39, 0.29) is 5.91 Å². The van der Waals surface area contributed by atoms with E-state index in [1.807, 2.05) is 34.7 Å². The van der Waals surface area contributed by atoms with Crippen molar-refractivity contribution in [3.63, 3.8) is 0 Å². The molecule has 21 heavy (non-hydrogen) atoms. The van der Waals surface area contributed by atoms with Crippen molar-refractivity contribution in [2.45, 2.75) is 24.9 Å². The van der Waals surface area contributed by atoms with Gasteiger partial charge in [-0.05, 0) is 25.0 Å². The summed E-state index contributed by atoms with van der Waals surface area (Å²) in [5.74, 6) is 1.10. The standard InChI is InChI=1S/C15H16N4OS/c20-15(11-9-21-10-17-11)19-8-5-12-13(19)4-7-18(12)14-3-1-2-6-16-14/h1-3,6,9-10,12-13H,4-5,7-8H2. The molecule has 108 valence electrons. The van der Waals surface area contributed by atoms with Gasteiger partial charge in [0.2, 0.25) is 0 Å². The largest absolute Gasteiger partial charge is 0.351 e. The number of amides is 1. The highest BCUT2D eigenvalue weighted by molar-refractivity contribution is 7.07. The van der Waals surface area contributed by atoms with Crippen molar-refractivity contribution in [2.75, 3.05) is 18.0 Å². The molecule has 6 heteroatoms. The van der Waals surface area contributed by atoms with Crippen LogP contribution < -0.4 is 4.90 Å². The van der Waals surface area contributed by atoms with Gasteiger partial charge in [-0.25, -0.2) is 9.97 Å². The lowest BCUT2D eigenvalue weighted by molar-refractivity contribution is 0.0732. The quantitative estimate of drug-likeness (QED) is 0.851. The summed E-state index contributed by atoms with van der Waals surface area (Å²) in [4.78, 5) is 25.5. The van der Waals surface area contributed by atoms with E-state index in [4.69, 9.17) is 0 Å². The van der Waals surface area contributed by atoms with E-state index in [9.17, 15) is 4.79 Å². The maximum absolute atomic E-state index is 12.5. The summed E-state index contributed by atoms with van der Waals surface area (Å²) in [5.41, 5.74) is 2.30. The fourth-order valence-corrected chi connectivity index (χ4v) is 4.04. The van der Waals surface area contributed by atoms with Gasteiger partial charge in [-0.3, -0.25) is 4.79 Å². The summed E-state index contributed by atoms with van der Waals surface area (Å²) in [6, 6.07) is 6.68. The van der Waals surface area contributed by atoms with Crippen LogP contribution in [0, 0.1) is 0 Å². The molecule has 2 atom stereocenters. The average Bonchev–Trinajstić information content (AvgIpc) is 3.24. The number of pyridine rings is 1. The number of anilines is 1. The van der Waals surface area contributed by atoms with Crippen LogP contribution in [0.5, 0.6) is 0 Å². The molecule has 2 fully saturated rings. The van der Waals surface area contributed by atoms with E-state index < -0.39 is 0 Å². The van der Waals surface area contributed by atoms with Crippen LogP contribution >= 0.6 is 11.3 Å². The maximum atomic E-state index is 12.5. The zero-order valence-corrected chi connectivity index (χ0v) is 12.4. The summed E-state index contributed by atoms with van der Waals surface area (Å²) >= 11 is 1.47. The average molecular weight is 300 g/mol. The van der Waals surface area contributed by atoms with E-state index in [2.05, 4.69) is 14.9 Å². The molecule has 0 bridgehead atoms. The predicted octanol–water partition coefficient (Wildman–Crippen LogP) is 2.03. The van der Waals surface area contributed by atoms with Gasteiger partial charge in [0.05, 0.1) is 17.6 Å². The van der Waals surface area contributed by atoms with Gasteiger partial charge in [0, 0.05) is 24.7 Å². The molecule has 0 saturated carbocycles. The number of hydrogen-bond acceptors (Lipinski definition) is 5. The highest BCUT2D eigenvalue weighted by atomic mass is 32.1. The van der Waals surface area contributed by atoms with Gasteiger partial charge in [0.15, 0.2) is 0 Å². The van der Waals surface area contributed by atoms with Crippen LogP contribution in [0.25, 0.3) is 0 Å². The second-order valence-corrected chi connectivity index (χ2v) is 6.18. The molecule has 2 unspecified atom stereocenters. The van der Waals surface area contributed by atoms with Crippen molar-refractivity contribution in [3.8, 4) is 0 Å². The SMILES string of the molecule is O=C(c1cscn1)N1CCC2C1CCN2c1ccccn1. The molecule has 4 heterocycles. The van der Waals surface area contributed by atoms with Crippen molar-refractivity contribution in [1.29, 1.82) is 0 Å². The third-order valence-electron chi connectivity index (χ3n) is 4.43. The molecule has 2 aromatic heterocycles. The van der Waals surface area contributed by atoms with E-state index in [1.54, 1.807) is 5.51 Å². The van der Waals surface area contributed by atoms with Gasteiger partial charge in [0.1, 0.15) is 11.5 Å². The molecular weight excluding hydrogens is 284 g/mol. The number of likely N-dealkylation sites (tertiary alicyclic amines) is 1. The predicted molar refractivity (Wildman–Crippen MR) is 81.5 cm³/mol. The van der Waals surface area contributed by atoms with E-state index >= 15 is 0 Å². The van der Waals surface area contributed by atoms with Crippen LogP contribution in [0.15, 0.2) is 35.3 Å². The van der Waals surface area contributed by atoms with Gasteiger partial charge < -0.3 is 9.80 Å². The van der Waals surface area contributed by atoms with Gasteiger partial charge in [-0.2, -0.15) is 0 Å². The van der Waals surface area contributed by atoms with E-state index in [1.165, 1.54) is 11.3 Å². The Hall–Kier alpha value is -1.95. The lowest BCUT2D eigenvalue weighted by Crippen LogP contribution is -2.40. The number of fused-ring (bicyclic) bond motifs is 1. The number of carbonyl (C=O) groups is 1. The van der Waals surface area contributed by atoms with Gasteiger partial charge in [-0.1, -0.05) is 6.07 Å². The first-order valence-electron chi connectivity index (χ1n) is 7.21. The third-order valence-corrected chi connectivity index (χ3v) is 5.02. The molecule has 0 aromatic carbocycles. The Labute approximate surface area is 127 Å². The Bertz CT molecular complexity index is 630. The molecule has 1 amide bonds. The summed E-state index contributed by atoms with van der Waals surface area (Å²) in [5, 5.41) is 1.83. The molecule has 0 spiro atoms. The first-order chi connectivity index (χ1) is 10.3. The van der Waals surface area contributed by atoms with Crippen LogP contribution in [0.1, 0.15) is 23.3 Å². The molecule has 0 aliphatic carbocycles. The minimum atomic E-state index is 0.0756. The number of carbonyl (C=O) groups excluding carboxylic acids is 1. The van der Waals surface area contributed by atoms with Crippen LogP contribution in [0.2, 0.25) is 0 Å². The minimum Gasteiger partial charge on any atom is -0.351 e. The van der Waals surface area contributed by atoms with Crippen molar-refractivity contribution >= 4 is 23.1 Å². The van der Waals surface area contributed by atoms with Crippen molar-refractivity contribution in [1.82, 2.24) is 14.9 Å². The number of aromatic nitrogens is 2. The topological polar surface area (TPSA) is 49.3 Å². The summed E-state index contributed by atoms with van der Waals surface area (Å²) in [6.45, 7) is 1.78. The second kappa shape index (κ2) is 5.11. The van der Waals surface area contributed by atoms with Crippen LogP contribution in [-0.2, 0) is 0 Å². The fourth-order valence-electron chi connectivity index (χ4n) is 3.51. The number of nitrogens with zero attached hydrogens (tertiary/aromatic N) is 4. The molecule has 4 rings (SSSR count).